The van der Waals surface area contributed by atoms with E-state index in [0.717, 1.165) is 12.3 Å². The molecule has 0 aliphatic heterocycles. The molecule has 2 nitrogen and oxygen atoms in total. The minimum atomic E-state index is 0.501. The minimum Gasteiger partial charge on any atom is -0.497 e. The maximum Gasteiger partial charge on any atom is 0.119 e. The number of methoxy groups -OCH3 is 1. The van der Waals surface area contributed by atoms with Crippen LogP contribution in [0.5, 0.6) is 5.75 Å². The van der Waals surface area contributed by atoms with Gasteiger partial charge in [-0.25, -0.2) is 0 Å². The molecule has 1 aromatic rings. The molecule has 2 atom stereocenters. The topological polar surface area (TPSA) is 35.2 Å². The third-order valence-corrected chi connectivity index (χ3v) is 3.19. The van der Waals surface area contributed by atoms with Crippen LogP contribution in [0.4, 0.5) is 0 Å². The highest BCUT2D eigenvalue weighted by molar-refractivity contribution is 5.36. The van der Waals surface area contributed by atoms with Crippen molar-refractivity contribution in [3.05, 3.63) is 29.3 Å². The number of hydrogen-bond acceptors (Lipinski definition) is 2. The van der Waals surface area contributed by atoms with E-state index in [1.54, 1.807) is 7.11 Å². The number of benzene rings is 1. The lowest BCUT2D eigenvalue weighted by molar-refractivity contribution is 0.413. The fraction of sp³-hybridized carbons (Fsp3) is 0.538. The standard InChI is InChI=1S/C13H21NO/c1-9-7-12(15-4)5-6-13(9)11(3)10(2)8-14/h5-7,10-11H,8,14H2,1-4H3. The lowest BCUT2D eigenvalue weighted by Crippen LogP contribution is -2.17. The van der Waals surface area contributed by atoms with Gasteiger partial charge in [-0.2, -0.15) is 0 Å². The Balaban J connectivity index is 2.95. The Kier molecular flexibility index (Phi) is 4.15. The summed E-state index contributed by atoms with van der Waals surface area (Å²) in [5, 5.41) is 0. The summed E-state index contributed by atoms with van der Waals surface area (Å²) in [6, 6.07) is 6.24. The van der Waals surface area contributed by atoms with E-state index in [9.17, 15) is 0 Å². The van der Waals surface area contributed by atoms with Crippen LogP contribution >= 0.6 is 0 Å². The largest absolute Gasteiger partial charge is 0.497 e. The molecule has 0 fully saturated rings. The molecular formula is C13H21NO. The van der Waals surface area contributed by atoms with Crippen LogP contribution in [0.25, 0.3) is 0 Å². The Morgan fingerprint density at radius 1 is 1.33 bits per heavy atom. The third-order valence-electron chi connectivity index (χ3n) is 3.19. The average Bonchev–Trinajstić information content (AvgIpc) is 2.26. The molecule has 0 aliphatic rings. The Labute approximate surface area is 92.4 Å². The fourth-order valence-corrected chi connectivity index (χ4v) is 1.80. The molecule has 0 amide bonds. The monoisotopic (exact) mass is 207 g/mol. The van der Waals surface area contributed by atoms with E-state index in [2.05, 4.69) is 32.9 Å². The van der Waals surface area contributed by atoms with E-state index >= 15 is 0 Å². The molecule has 0 heterocycles. The van der Waals surface area contributed by atoms with Gasteiger partial charge in [-0.05, 0) is 48.6 Å². The van der Waals surface area contributed by atoms with Gasteiger partial charge in [-0.1, -0.05) is 19.9 Å². The summed E-state index contributed by atoms with van der Waals surface area (Å²) in [5.74, 6) is 1.93. The van der Waals surface area contributed by atoms with Crippen molar-refractivity contribution in [2.24, 2.45) is 11.7 Å². The SMILES string of the molecule is COc1ccc(C(C)C(C)CN)c(C)c1. The Morgan fingerprint density at radius 2 is 2.00 bits per heavy atom. The van der Waals surface area contributed by atoms with Gasteiger partial charge in [-0.15, -0.1) is 0 Å². The van der Waals surface area contributed by atoms with Crippen molar-refractivity contribution in [1.82, 2.24) is 0 Å². The summed E-state index contributed by atoms with van der Waals surface area (Å²) < 4.78 is 5.19. The first-order valence-electron chi connectivity index (χ1n) is 5.44. The molecular weight excluding hydrogens is 186 g/mol. The Bertz CT molecular complexity index is 322. The summed E-state index contributed by atoms with van der Waals surface area (Å²) >= 11 is 0. The zero-order valence-electron chi connectivity index (χ0n) is 10.1. The summed E-state index contributed by atoms with van der Waals surface area (Å²) in [6.07, 6.45) is 0. The highest BCUT2D eigenvalue weighted by atomic mass is 16.5. The van der Waals surface area contributed by atoms with Gasteiger partial charge in [0.1, 0.15) is 5.75 Å². The van der Waals surface area contributed by atoms with Crippen molar-refractivity contribution < 1.29 is 4.74 Å². The number of ether oxygens (including phenoxy) is 1. The first-order valence-corrected chi connectivity index (χ1v) is 5.44. The fourth-order valence-electron chi connectivity index (χ4n) is 1.80. The molecule has 0 saturated carbocycles. The molecule has 0 spiro atoms. The van der Waals surface area contributed by atoms with Gasteiger partial charge in [0.15, 0.2) is 0 Å². The first kappa shape index (κ1) is 12.1. The highest BCUT2D eigenvalue weighted by Crippen LogP contribution is 2.28. The molecule has 0 aliphatic carbocycles. The van der Waals surface area contributed by atoms with Crippen molar-refractivity contribution in [1.29, 1.82) is 0 Å². The van der Waals surface area contributed by atoms with Crippen molar-refractivity contribution in [2.45, 2.75) is 26.7 Å². The normalized spacial score (nSPS) is 14.7. The molecule has 2 heteroatoms. The molecule has 2 unspecified atom stereocenters. The van der Waals surface area contributed by atoms with Crippen LogP contribution in [-0.4, -0.2) is 13.7 Å². The van der Waals surface area contributed by atoms with Gasteiger partial charge in [0.05, 0.1) is 7.11 Å². The maximum atomic E-state index is 5.69. The van der Waals surface area contributed by atoms with Crippen LogP contribution in [0.15, 0.2) is 18.2 Å². The lowest BCUT2D eigenvalue weighted by atomic mass is 9.86. The van der Waals surface area contributed by atoms with Crippen LogP contribution in [0, 0.1) is 12.8 Å². The molecule has 2 N–H and O–H groups in total. The smallest absolute Gasteiger partial charge is 0.119 e. The van der Waals surface area contributed by atoms with Gasteiger partial charge in [-0.3, -0.25) is 0 Å². The van der Waals surface area contributed by atoms with Gasteiger partial charge >= 0.3 is 0 Å². The van der Waals surface area contributed by atoms with E-state index in [-0.39, 0.29) is 0 Å². The van der Waals surface area contributed by atoms with Crippen LogP contribution in [-0.2, 0) is 0 Å². The molecule has 0 radical (unpaired) electrons. The molecule has 1 rings (SSSR count). The first-order chi connectivity index (χ1) is 7.10. The molecule has 0 saturated heterocycles. The molecule has 0 bridgehead atoms. The summed E-state index contributed by atoms with van der Waals surface area (Å²) in [5.41, 5.74) is 8.34. The summed E-state index contributed by atoms with van der Waals surface area (Å²) in [6.45, 7) is 7.27. The number of aryl methyl sites for hydroxylation is 1. The maximum absolute atomic E-state index is 5.69. The van der Waals surface area contributed by atoms with Gasteiger partial charge < -0.3 is 10.5 Å². The van der Waals surface area contributed by atoms with Crippen LogP contribution in [0.2, 0.25) is 0 Å². The zero-order valence-corrected chi connectivity index (χ0v) is 10.1. The molecule has 1 aromatic carbocycles. The molecule has 0 aromatic heterocycles. The molecule has 15 heavy (non-hydrogen) atoms. The van der Waals surface area contributed by atoms with Crippen molar-refractivity contribution in [2.75, 3.05) is 13.7 Å². The lowest BCUT2D eigenvalue weighted by Gasteiger charge is -2.20. The van der Waals surface area contributed by atoms with Crippen LogP contribution in [0.3, 0.4) is 0 Å². The van der Waals surface area contributed by atoms with Gasteiger partial charge in [0.25, 0.3) is 0 Å². The molecule has 84 valence electrons. The van der Waals surface area contributed by atoms with Crippen LogP contribution in [0.1, 0.15) is 30.9 Å². The second-order valence-electron chi connectivity index (χ2n) is 4.22. The van der Waals surface area contributed by atoms with Gasteiger partial charge in [0.2, 0.25) is 0 Å². The second-order valence-corrected chi connectivity index (χ2v) is 4.22. The van der Waals surface area contributed by atoms with Gasteiger partial charge in [0, 0.05) is 0 Å². The quantitative estimate of drug-likeness (QED) is 0.824. The van der Waals surface area contributed by atoms with E-state index in [0.29, 0.717) is 11.8 Å². The average molecular weight is 207 g/mol. The number of hydrogen-bond donors (Lipinski definition) is 1. The Hall–Kier alpha value is -1.02. The van der Waals surface area contributed by atoms with Crippen molar-refractivity contribution >= 4 is 0 Å². The predicted octanol–water partition coefficient (Wildman–Crippen LogP) is 2.70. The Morgan fingerprint density at radius 3 is 2.47 bits per heavy atom. The van der Waals surface area contributed by atoms with Crippen molar-refractivity contribution in [3.8, 4) is 5.75 Å². The van der Waals surface area contributed by atoms with E-state index < -0.39 is 0 Å². The minimum absolute atomic E-state index is 0.501. The second kappa shape index (κ2) is 5.17. The van der Waals surface area contributed by atoms with E-state index in [1.165, 1.54) is 11.1 Å². The number of nitrogens with two attached hydrogens (primary N) is 1. The summed E-state index contributed by atoms with van der Waals surface area (Å²) in [7, 11) is 1.69. The summed E-state index contributed by atoms with van der Waals surface area (Å²) in [4.78, 5) is 0. The van der Waals surface area contributed by atoms with Crippen molar-refractivity contribution in [3.63, 3.8) is 0 Å². The van der Waals surface area contributed by atoms with Crippen LogP contribution < -0.4 is 10.5 Å². The highest BCUT2D eigenvalue weighted by Gasteiger charge is 2.14. The third kappa shape index (κ3) is 2.72. The van der Waals surface area contributed by atoms with E-state index in [1.807, 2.05) is 6.07 Å². The number of rotatable bonds is 4. The van der Waals surface area contributed by atoms with E-state index in [4.69, 9.17) is 10.5 Å². The zero-order chi connectivity index (χ0) is 11.4. The predicted molar refractivity (Wildman–Crippen MR) is 64.4 cm³/mol.